The molecule has 0 bridgehead atoms. The zero-order valence-electron chi connectivity index (χ0n) is 10.2. The molecule has 1 aromatic carbocycles. The molecule has 0 aliphatic carbocycles. The van der Waals surface area contributed by atoms with Crippen molar-refractivity contribution in [2.24, 2.45) is 0 Å². The maximum atomic E-state index is 9.82. The van der Waals surface area contributed by atoms with E-state index >= 15 is 0 Å². The van der Waals surface area contributed by atoms with Gasteiger partial charge in [-0.2, -0.15) is 4.73 Å². The summed E-state index contributed by atoms with van der Waals surface area (Å²) in [5.74, 6) is 0.572. The third-order valence-corrected chi connectivity index (χ3v) is 2.53. The molecule has 17 heavy (non-hydrogen) atoms. The number of nitrogens with zero attached hydrogens (tertiary/aromatic N) is 3. The first-order chi connectivity index (χ1) is 8.27. The van der Waals surface area contributed by atoms with Gasteiger partial charge >= 0.3 is 0 Å². The largest absolute Gasteiger partial charge is 0.427 e. The van der Waals surface area contributed by atoms with Crippen LogP contribution in [0.15, 0.2) is 30.5 Å². The van der Waals surface area contributed by atoms with Crippen molar-refractivity contribution in [2.45, 2.75) is 20.8 Å². The van der Waals surface area contributed by atoms with Crippen LogP contribution in [0.1, 0.15) is 19.7 Å². The van der Waals surface area contributed by atoms with Crippen LogP contribution in [0.4, 0.5) is 0 Å². The van der Waals surface area contributed by atoms with E-state index in [2.05, 4.69) is 9.97 Å². The van der Waals surface area contributed by atoms with Crippen molar-refractivity contribution in [2.75, 3.05) is 0 Å². The van der Waals surface area contributed by atoms with Crippen molar-refractivity contribution in [1.29, 1.82) is 0 Å². The van der Waals surface area contributed by atoms with Gasteiger partial charge < -0.3 is 5.21 Å². The first-order valence-corrected chi connectivity index (χ1v) is 5.69. The maximum absolute atomic E-state index is 9.82. The second-order valence-electron chi connectivity index (χ2n) is 3.48. The van der Waals surface area contributed by atoms with Crippen LogP contribution in [0.3, 0.4) is 0 Å². The first-order valence-electron chi connectivity index (χ1n) is 5.69. The SMILES string of the molecule is CC.Cc1nc2cnc3ccccc3c2n1O. The third-order valence-electron chi connectivity index (χ3n) is 2.53. The number of rotatable bonds is 0. The Bertz CT molecular complexity index is 658. The Morgan fingerprint density at radius 1 is 1.12 bits per heavy atom. The van der Waals surface area contributed by atoms with Gasteiger partial charge in [0.2, 0.25) is 0 Å². The van der Waals surface area contributed by atoms with E-state index in [1.807, 2.05) is 38.1 Å². The molecule has 4 heteroatoms. The number of hydrogen-bond acceptors (Lipinski definition) is 3. The monoisotopic (exact) mass is 229 g/mol. The molecule has 0 amide bonds. The van der Waals surface area contributed by atoms with Gasteiger partial charge in [-0.15, -0.1) is 0 Å². The van der Waals surface area contributed by atoms with E-state index in [1.165, 1.54) is 0 Å². The van der Waals surface area contributed by atoms with E-state index in [-0.39, 0.29) is 0 Å². The zero-order valence-corrected chi connectivity index (χ0v) is 10.2. The van der Waals surface area contributed by atoms with Gasteiger partial charge in [0.05, 0.1) is 11.7 Å². The summed E-state index contributed by atoms with van der Waals surface area (Å²) < 4.78 is 1.11. The molecule has 0 unspecified atom stereocenters. The average molecular weight is 229 g/mol. The molecule has 4 nitrogen and oxygen atoms in total. The topological polar surface area (TPSA) is 50.9 Å². The summed E-state index contributed by atoms with van der Waals surface area (Å²) in [6, 6.07) is 7.69. The summed E-state index contributed by atoms with van der Waals surface area (Å²) in [6.07, 6.45) is 1.68. The molecule has 0 saturated carbocycles. The molecule has 0 aliphatic rings. The first kappa shape index (κ1) is 11.4. The van der Waals surface area contributed by atoms with Crippen LogP contribution >= 0.6 is 0 Å². The molecular weight excluding hydrogens is 214 g/mol. The van der Waals surface area contributed by atoms with E-state index in [0.29, 0.717) is 11.3 Å². The number of aryl methyl sites for hydroxylation is 1. The van der Waals surface area contributed by atoms with E-state index in [4.69, 9.17) is 0 Å². The van der Waals surface area contributed by atoms with E-state index < -0.39 is 0 Å². The molecule has 2 heterocycles. The van der Waals surface area contributed by atoms with Gasteiger partial charge in [-0.3, -0.25) is 4.98 Å². The second kappa shape index (κ2) is 4.41. The molecule has 1 N–H and O–H groups in total. The van der Waals surface area contributed by atoms with Crippen LogP contribution in [0.25, 0.3) is 21.9 Å². The van der Waals surface area contributed by atoms with Gasteiger partial charge in [0, 0.05) is 5.39 Å². The van der Waals surface area contributed by atoms with Gasteiger partial charge in [-0.05, 0) is 13.0 Å². The van der Waals surface area contributed by atoms with Crippen LogP contribution in [-0.2, 0) is 0 Å². The highest BCUT2D eigenvalue weighted by atomic mass is 16.5. The van der Waals surface area contributed by atoms with Crippen molar-refractivity contribution in [3.8, 4) is 0 Å². The summed E-state index contributed by atoms with van der Waals surface area (Å²) in [6.45, 7) is 5.76. The lowest BCUT2D eigenvalue weighted by atomic mass is 10.2. The van der Waals surface area contributed by atoms with Gasteiger partial charge in [0.15, 0.2) is 0 Å². The minimum atomic E-state index is 0.572. The summed E-state index contributed by atoms with van der Waals surface area (Å²) in [7, 11) is 0. The zero-order chi connectivity index (χ0) is 12.4. The summed E-state index contributed by atoms with van der Waals surface area (Å²) in [4.78, 5) is 8.49. The fourth-order valence-corrected chi connectivity index (χ4v) is 1.80. The fourth-order valence-electron chi connectivity index (χ4n) is 1.80. The van der Waals surface area contributed by atoms with E-state index in [9.17, 15) is 5.21 Å². The lowest BCUT2D eigenvalue weighted by Gasteiger charge is -1.99. The molecule has 0 aliphatic heterocycles. The molecule has 0 atom stereocenters. The van der Waals surface area contributed by atoms with Crippen LogP contribution in [0.2, 0.25) is 0 Å². The number of para-hydroxylation sites is 1. The Kier molecular flexibility index (Phi) is 2.95. The molecule has 88 valence electrons. The predicted molar refractivity (Wildman–Crippen MR) is 68.3 cm³/mol. The van der Waals surface area contributed by atoms with Crippen LogP contribution in [-0.4, -0.2) is 19.9 Å². The standard InChI is InChI=1S/C11H9N3O.C2H6/c1-7-13-10-6-12-9-5-3-2-4-8(9)11(10)14(7)15;1-2/h2-6,15H,1H3;1-2H3. The lowest BCUT2D eigenvalue weighted by molar-refractivity contribution is 0.191. The van der Waals surface area contributed by atoms with Crippen molar-refractivity contribution < 1.29 is 5.21 Å². The number of fused-ring (bicyclic) bond motifs is 3. The molecular formula is C13H15N3O. The normalized spacial score (nSPS) is 10.3. The molecule has 0 spiro atoms. The Balaban J connectivity index is 0.000000514. The predicted octanol–water partition coefficient (Wildman–Crippen LogP) is 3.16. The minimum Gasteiger partial charge on any atom is -0.427 e. The second-order valence-corrected chi connectivity index (χ2v) is 3.48. The van der Waals surface area contributed by atoms with Crippen LogP contribution in [0, 0.1) is 6.92 Å². The minimum absolute atomic E-state index is 0.572. The number of pyridine rings is 1. The van der Waals surface area contributed by atoms with Crippen LogP contribution in [0.5, 0.6) is 0 Å². The van der Waals surface area contributed by atoms with Gasteiger partial charge in [-0.1, -0.05) is 32.0 Å². The Hall–Kier alpha value is -2.10. The van der Waals surface area contributed by atoms with Crippen molar-refractivity contribution >= 4 is 21.9 Å². The number of imidazole rings is 1. The van der Waals surface area contributed by atoms with E-state index in [0.717, 1.165) is 21.2 Å². The smallest absolute Gasteiger partial charge is 0.142 e. The molecule has 0 saturated heterocycles. The van der Waals surface area contributed by atoms with Crippen molar-refractivity contribution in [1.82, 2.24) is 14.7 Å². The van der Waals surface area contributed by atoms with Gasteiger partial charge in [0.1, 0.15) is 16.9 Å². The number of hydrogen-bond donors (Lipinski definition) is 1. The van der Waals surface area contributed by atoms with Crippen LogP contribution < -0.4 is 0 Å². The molecule has 3 rings (SSSR count). The van der Waals surface area contributed by atoms with Gasteiger partial charge in [-0.25, -0.2) is 4.98 Å². The van der Waals surface area contributed by atoms with Crippen molar-refractivity contribution in [3.63, 3.8) is 0 Å². The number of benzene rings is 1. The Labute approximate surface area is 99.5 Å². The molecule has 2 aromatic heterocycles. The molecule has 3 aromatic rings. The molecule has 0 fully saturated rings. The Morgan fingerprint density at radius 2 is 1.82 bits per heavy atom. The summed E-state index contributed by atoms with van der Waals surface area (Å²) in [5.41, 5.74) is 2.30. The van der Waals surface area contributed by atoms with Gasteiger partial charge in [0.25, 0.3) is 0 Å². The Morgan fingerprint density at radius 3 is 2.59 bits per heavy atom. The quantitative estimate of drug-likeness (QED) is 0.602. The van der Waals surface area contributed by atoms with E-state index in [1.54, 1.807) is 13.1 Å². The third kappa shape index (κ3) is 1.71. The highest BCUT2D eigenvalue weighted by Crippen LogP contribution is 2.22. The highest BCUT2D eigenvalue weighted by molar-refractivity contribution is 6.01. The maximum Gasteiger partial charge on any atom is 0.142 e. The van der Waals surface area contributed by atoms with Crippen molar-refractivity contribution in [3.05, 3.63) is 36.3 Å². The summed E-state index contributed by atoms with van der Waals surface area (Å²) in [5, 5.41) is 10.7. The summed E-state index contributed by atoms with van der Waals surface area (Å²) >= 11 is 0. The fraction of sp³-hybridized carbons (Fsp3) is 0.231. The highest BCUT2D eigenvalue weighted by Gasteiger charge is 2.09. The molecule has 0 radical (unpaired) electrons. The lowest BCUT2D eigenvalue weighted by Crippen LogP contribution is -1.93. The average Bonchev–Trinajstić information content (AvgIpc) is 2.68. The number of aromatic nitrogens is 3.